The van der Waals surface area contributed by atoms with Crippen LogP contribution in [0.2, 0.25) is 0 Å². The van der Waals surface area contributed by atoms with Crippen molar-refractivity contribution in [2.24, 2.45) is 0 Å². The van der Waals surface area contributed by atoms with E-state index in [9.17, 15) is 9.59 Å². The Morgan fingerprint density at radius 3 is 2.41 bits per heavy atom. The fourth-order valence-electron chi connectivity index (χ4n) is 6.76. The van der Waals surface area contributed by atoms with Crippen molar-refractivity contribution in [1.29, 1.82) is 0 Å². The minimum Gasteiger partial charge on any atom is -0.341 e. The van der Waals surface area contributed by atoms with Crippen molar-refractivity contribution in [3.63, 3.8) is 0 Å². The zero-order chi connectivity index (χ0) is 26.7. The highest BCUT2D eigenvalue weighted by Gasteiger charge is 2.44. The highest BCUT2D eigenvalue weighted by atomic mass is 16.2. The molecule has 2 aromatic heterocycles. The molecule has 2 aliphatic heterocycles. The van der Waals surface area contributed by atoms with Gasteiger partial charge in [0.2, 0.25) is 0 Å². The maximum absolute atomic E-state index is 13.8. The minimum absolute atomic E-state index is 0.128. The van der Waals surface area contributed by atoms with Crippen molar-refractivity contribution < 1.29 is 9.59 Å². The Labute approximate surface area is 227 Å². The van der Waals surface area contributed by atoms with Crippen LogP contribution in [0.5, 0.6) is 0 Å². The van der Waals surface area contributed by atoms with Gasteiger partial charge in [0.25, 0.3) is 11.8 Å². The van der Waals surface area contributed by atoms with Gasteiger partial charge in [-0.05, 0) is 49.6 Å². The summed E-state index contributed by atoms with van der Waals surface area (Å²) < 4.78 is 2.37. The highest BCUT2D eigenvalue weighted by Crippen LogP contribution is 2.35. The third-order valence-electron chi connectivity index (χ3n) is 8.49. The van der Waals surface area contributed by atoms with Gasteiger partial charge in [-0.25, -0.2) is 0 Å². The van der Waals surface area contributed by atoms with Crippen LogP contribution >= 0.6 is 0 Å². The smallest absolute Gasteiger partial charge is 0.263 e. The van der Waals surface area contributed by atoms with Gasteiger partial charge >= 0.3 is 0 Å². The second-order valence-corrected chi connectivity index (χ2v) is 10.8. The summed E-state index contributed by atoms with van der Waals surface area (Å²) >= 11 is 0. The van der Waals surface area contributed by atoms with E-state index >= 15 is 0 Å². The number of amides is 2. The molecule has 0 aliphatic carbocycles. The molecule has 1 unspecified atom stereocenters. The van der Waals surface area contributed by atoms with E-state index in [0.29, 0.717) is 24.1 Å². The third kappa shape index (κ3) is 3.69. The summed E-state index contributed by atoms with van der Waals surface area (Å²) in [5.41, 5.74) is 6.39. The van der Waals surface area contributed by atoms with Crippen LogP contribution < -0.4 is 0 Å². The van der Waals surface area contributed by atoms with Gasteiger partial charge < -0.3 is 4.57 Å². The zero-order valence-electron chi connectivity index (χ0n) is 22.5. The standard InChI is InChI=1S/C33H32N4O2/c1-3-9-27-31-30(24-11-5-7-12-26(24)34-27)32(38)37(33(31)39)22-16-17-35(20-22)19-21-14-15-29-25(18-21)23-10-6-8-13-28(23)36(29)4-2/h5-8,10-15,18,22H,3-4,9,16-17,19-20H2,1-2H3. The van der Waals surface area contributed by atoms with Crippen LogP contribution in [0.3, 0.4) is 0 Å². The van der Waals surface area contributed by atoms with Gasteiger partial charge in [0, 0.05) is 53.4 Å². The first-order valence-electron chi connectivity index (χ1n) is 14.1. The number of benzene rings is 3. The van der Waals surface area contributed by atoms with Crippen LogP contribution in [0, 0.1) is 0 Å². The average Bonchev–Trinajstić information content (AvgIpc) is 3.61. The first-order valence-corrected chi connectivity index (χ1v) is 14.1. The van der Waals surface area contributed by atoms with E-state index < -0.39 is 0 Å². The van der Waals surface area contributed by atoms with Crippen molar-refractivity contribution in [3.05, 3.63) is 89.1 Å². The lowest BCUT2D eigenvalue weighted by atomic mass is 10.0. The summed E-state index contributed by atoms with van der Waals surface area (Å²) in [6.07, 6.45) is 2.35. The normalized spacial score (nSPS) is 17.8. The van der Waals surface area contributed by atoms with Crippen LogP contribution in [0.4, 0.5) is 0 Å². The van der Waals surface area contributed by atoms with E-state index in [0.717, 1.165) is 49.1 Å². The molecule has 5 aromatic rings. The van der Waals surface area contributed by atoms with Crippen molar-refractivity contribution in [3.8, 4) is 0 Å². The monoisotopic (exact) mass is 516 g/mol. The van der Waals surface area contributed by atoms with Gasteiger partial charge in [-0.15, -0.1) is 0 Å². The van der Waals surface area contributed by atoms with Crippen LogP contribution in [0.15, 0.2) is 66.7 Å². The Morgan fingerprint density at radius 1 is 0.846 bits per heavy atom. The van der Waals surface area contributed by atoms with E-state index in [1.807, 2.05) is 24.3 Å². The molecule has 2 amide bonds. The Kier molecular flexibility index (Phi) is 5.74. The second kappa shape index (κ2) is 9.31. The molecule has 1 atom stereocenters. The maximum atomic E-state index is 13.8. The number of carbonyl (C=O) groups is 2. The molecule has 1 saturated heterocycles. The number of rotatable bonds is 6. The van der Waals surface area contributed by atoms with Crippen molar-refractivity contribution in [2.45, 2.75) is 52.2 Å². The molecular formula is C33H32N4O2. The molecule has 6 nitrogen and oxygen atoms in total. The Morgan fingerprint density at radius 2 is 1.59 bits per heavy atom. The van der Waals surface area contributed by atoms with E-state index in [4.69, 9.17) is 4.98 Å². The largest absolute Gasteiger partial charge is 0.341 e. The van der Waals surface area contributed by atoms with Crippen molar-refractivity contribution in [2.75, 3.05) is 13.1 Å². The molecular weight excluding hydrogens is 484 g/mol. The number of para-hydroxylation sites is 2. The minimum atomic E-state index is -0.169. The molecule has 3 aromatic carbocycles. The first-order chi connectivity index (χ1) is 19.1. The number of carbonyl (C=O) groups excluding carboxylic acids is 2. The van der Waals surface area contributed by atoms with Crippen LogP contribution in [-0.4, -0.2) is 50.3 Å². The summed E-state index contributed by atoms with van der Waals surface area (Å²) in [4.78, 5) is 36.2. The van der Waals surface area contributed by atoms with Crippen LogP contribution in [-0.2, 0) is 19.5 Å². The number of hydrogen-bond acceptors (Lipinski definition) is 4. The molecule has 4 heterocycles. The first kappa shape index (κ1) is 24.0. The maximum Gasteiger partial charge on any atom is 0.263 e. The molecule has 0 saturated carbocycles. The molecule has 2 aliphatic rings. The van der Waals surface area contributed by atoms with Crippen LogP contribution in [0.1, 0.15) is 58.7 Å². The third-order valence-corrected chi connectivity index (χ3v) is 8.49. The lowest BCUT2D eigenvalue weighted by Gasteiger charge is -2.23. The Bertz CT molecular complexity index is 1790. The molecule has 0 spiro atoms. The number of aryl methyl sites for hydroxylation is 2. The number of hydrogen-bond donors (Lipinski definition) is 0. The Balaban J connectivity index is 1.16. The lowest BCUT2D eigenvalue weighted by Crippen LogP contribution is -2.41. The number of likely N-dealkylation sites (tertiary alicyclic amines) is 1. The Hall–Kier alpha value is -4.03. The molecule has 0 radical (unpaired) electrons. The van der Waals surface area contributed by atoms with E-state index in [1.165, 1.54) is 32.3 Å². The molecule has 6 heteroatoms. The number of imide groups is 1. The van der Waals surface area contributed by atoms with Gasteiger partial charge in [-0.3, -0.25) is 24.4 Å². The predicted molar refractivity (Wildman–Crippen MR) is 155 cm³/mol. The zero-order valence-corrected chi connectivity index (χ0v) is 22.5. The summed E-state index contributed by atoms with van der Waals surface area (Å²) in [5.74, 6) is -0.330. The molecule has 196 valence electrons. The molecule has 39 heavy (non-hydrogen) atoms. The average molecular weight is 517 g/mol. The number of aromatic nitrogens is 2. The van der Waals surface area contributed by atoms with Gasteiger partial charge in [-0.1, -0.05) is 55.8 Å². The SMILES string of the molecule is CCCc1nc2ccccc2c2c1C(=O)N(C1CCN(Cc3ccc4c(c3)c3ccccc3n4CC)C1)C2=O. The van der Waals surface area contributed by atoms with Gasteiger partial charge in [0.15, 0.2) is 0 Å². The van der Waals surface area contributed by atoms with E-state index in [1.54, 1.807) is 0 Å². The summed E-state index contributed by atoms with van der Waals surface area (Å²) in [5, 5.41) is 3.34. The van der Waals surface area contributed by atoms with Crippen molar-refractivity contribution >= 4 is 44.5 Å². The summed E-state index contributed by atoms with van der Waals surface area (Å²) in [7, 11) is 0. The quantitative estimate of drug-likeness (QED) is 0.253. The lowest BCUT2D eigenvalue weighted by molar-refractivity contribution is 0.0588. The number of fused-ring (bicyclic) bond motifs is 6. The number of nitrogens with zero attached hydrogens (tertiary/aromatic N) is 4. The topological polar surface area (TPSA) is 58.4 Å². The van der Waals surface area contributed by atoms with E-state index in [-0.39, 0.29) is 17.9 Å². The molecule has 7 rings (SSSR count). The fourth-order valence-corrected chi connectivity index (χ4v) is 6.76. The number of pyridine rings is 1. The summed E-state index contributed by atoms with van der Waals surface area (Å²) in [6.45, 7) is 7.54. The van der Waals surface area contributed by atoms with Gasteiger partial charge in [0.05, 0.1) is 28.4 Å². The molecule has 0 bridgehead atoms. The molecule has 0 N–H and O–H groups in total. The highest BCUT2D eigenvalue weighted by molar-refractivity contribution is 6.26. The molecule has 1 fully saturated rings. The second-order valence-electron chi connectivity index (χ2n) is 10.8. The van der Waals surface area contributed by atoms with E-state index in [2.05, 4.69) is 65.8 Å². The fraction of sp³-hybridized carbons (Fsp3) is 0.303. The van der Waals surface area contributed by atoms with Crippen molar-refractivity contribution in [1.82, 2.24) is 19.4 Å². The predicted octanol–water partition coefficient (Wildman–Crippen LogP) is 6.19. The summed E-state index contributed by atoms with van der Waals surface area (Å²) in [6, 6.07) is 22.9. The van der Waals surface area contributed by atoms with Crippen LogP contribution in [0.25, 0.3) is 32.7 Å². The van der Waals surface area contributed by atoms with Gasteiger partial charge in [-0.2, -0.15) is 0 Å². The van der Waals surface area contributed by atoms with Gasteiger partial charge in [0.1, 0.15) is 0 Å².